The van der Waals surface area contributed by atoms with Gasteiger partial charge in [0.05, 0.1) is 6.54 Å². The van der Waals surface area contributed by atoms with Crippen LogP contribution in [0.5, 0.6) is 0 Å². The van der Waals surface area contributed by atoms with E-state index < -0.39 is 11.9 Å². The van der Waals surface area contributed by atoms with Crippen LogP contribution in [-0.2, 0) is 11.3 Å². The van der Waals surface area contributed by atoms with Gasteiger partial charge in [0.25, 0.3) is 0 Å². The van der Waals surface area contributed by atoms with Gasteiger partial charge >= 0.3 is 6.03 Å². The highest BCUT2D eigenvalue weighted by atomic mass is 35.5. The number of amides is 3. The van der Waals surface area contributed by atoms with E-state index >= 15 is 0 Å². The lowest BCUT2D eigenvalue weighted by molar-refractivity contribution is -0.121. The van der Waals surface area contributed by atoms with Crippen molar-refractivity contribution < 1.29 is 9.59 Å². The van der Waals surface area contributed by atoms with Crippen molar-refractivity contribution in [2.45, 2.75) is 12.6 Å². The first kappa shape index (κ1) is 12.7. The Hall–Kier alpha value is -1.75. The van der Waals surface area contributed by atoms with Gasteiger partial charge in [-0.25, -0.2) is 4.79 Å². The molecule has 3 amide bonds. The van der Waals surface area contributed by atoms with Crippen LogP contribution in [-0.4, -0.2) is 41.4 Å². The molecule has 1 aliphatic rings. The Labute approximate surface area is 110 Å². The molecule has 1 aromatic rings. The van der Waals surface area contributed by atoms with Gasteiger partial charge in [-0.15, -0.1) is 0 Å². The van der Waals surface area contributed by atoms with E-state index in [-0.39, 0.29) is 6.03 Å². The van der Waals surface area contributed by atoms with Crippen molar-refractivity contribution in [2.24, 2.45) is 5.73 Å². The minimum absolute atomic E-state index is 0.186. The number of benzene rings is 1. The highest BCUT2D eigenvalue weighted by Gasteiger charge is 2.37. The molecule has 1 saturated heterocycles. The summed E-state index contributed by atoms with van der Waals surface area (Å²) in [6, 6.07) is 6.51. The molecule has 2 rings (SSSR count). The number of primary amides is 1. The maximum atomic E-state index is 11.9. The molecule has 18 heavy (non-hydrogen) atoms. The number of halogens is 1. The van der Waals surface area contributed by atoms with E-state index in [1.54, 1.807) is 24.1 Å². The molecule has 0 aromatic heterocycles. The third-order valence-electron chi connectivity index (χ3n) is 3.05. The average molecular weight is 268 g/mol. The zero-order valence-corrected chi connectivity index (χ0v) is 10.7. The maximum Gasteiger partial charge on any atom is 0.320 e. The first-order chi connectivity index (χ1) is 8.49. The molecule has 1 atom stereocenters. The van der Waals surface area contributed by atoms with Crippen LogP contribution in [0.15, 0.2) is 24.3 Å². The molecule has 0 spiro atoms. The lowest BCUT2D eigenvalue weighted by Crippen LogP contribution is -2.40. The lowest BCUT2D eigenvalue weighted by atomic mass is 10.2. The summed E-state index contributed by atoms with van der Waals surface area (Å²) in [4.78, 5) is 26.1. The number of likely N-dealkylation sites (N-methyl/N-ethyl adjacent to an activating group) is 1. The SMILES string of the molecule is CN1C(=O)N(Cc2ccc(Cl)cc2)CC1C(N)=O. The van der Waals surface area contributed by atoms with Crippen LogP contribution in [0.2, 0.25) is 5.02 Å². The number of carbonyl (C=O) groups is 2. The third-order valence-corrected chi connectivity index (χ3v) is 3.30. The minimum Gasteiger partial charge on any atom is -0.368 e. The number of urea groups is 1. The van der Waals surface area contributed by atoms with Crippen LogP contribution in [0.25, 0.3) is 0 Å². The van der Waals surface area contributed by atoms with Crippen molar-refractivity contribution in [1.29, 1.82) is 0 Å². The average Bonchev–Trinajstić information content (AvgIpc) is 2.60. The Balaban J connectivity index is 2.09. The fourth-order valence-electron chi connectivity index (χ4n) is 1.99. The molecule has 96 valence electrons. The largest absolute Gasteiger partial charge is 0.368 e. The summed E-state index contributed by atoms with van der Waals surface area (Å²) >= 11 is 5.79. The number of rotatable bonds is 3. The topological polar surface area (TPSA) is 66.6 Å². The van der Waals surface area contributed by atoms with Crippen molar-refractivity contribution >= 4 is 23.5 Å². The molecule has 2 N–H and O–H groups in total. The van der Waals surface area contributed by atoms with Gasteiger partial charge in [0, 0.05) is 18.6 Å². The van der Waals surface area contributed by atoms with Crippen molar-refractivity contribution in [2.75, 3.05) is 13.6 Å². The maximum absolute atomic E-state index is 11.9. The second kappa shape index (κ2) is 4.86. The van der Waals surface area contributed by atoms with Crippen molar-refractivity contribution in [3.63, 3.8) is 0 Å². The summed E-state index contributed by atoms with van der Waals surface area (Å²) in [6.45, 7) is 0.775. The summed E-state index contributed by atoms with van der Waals surface area (Å²) in [6.07, 6.45) is 0. The lowest BCUT2D eigenvalue weighted by Gasteiger charge is -2.15. The molecule has 6 heteroatoms. The number of nitrogens with two attached hydrogens (primary N) is 1. The van der Waals surface area contributed by atoms with Gasteiger partial charge in [0.2, 0.25) is 5.91 Å². The predicted octanol–water partition coefficient (Wildman–Crippen LogP) is 1.06. The smallest absolute Gasteiger partial charge is 0.320 e. The Bertz CT molecular complexity index is 475. The van der Waals surface area contributed by atoms with Gasteiger partial charge in [-0.05, 0) is 17.7 Å². The monoisotopic (exact) mass is 267 g/mol. The van der Waals surface area contributed by atoms with Gasteiger partial charge in [-0.2, -0.15) is 0 Å². The number of hydrogen-bond acceptors (Lipinski definition) is 2. The van der Waals surface area contributed by atoms with Crippen molar-refractivity contribution in [3.05, 3.63) is 34.9 Å². The normalized spacial score (nSPS) is 19.4. The van der Waals surface area contributed by atoms with Crippen molar-refractivity contribution in [1.82, 2.24) is 9.80 Å². The zero-order chi connectivity index (χ0) is 13.3. The van der Waals surface area contributed by atoms with E-state index in [2.05, 4.69) is 0 Å². The second-order valence-corrected chi connectivity index (χ2v) is 4.76. The van der Waals surface area contributed by atoms with Crippen LogP contribution in [0, 0.1) is 0 Å². The molecule has 1 aromatic carbocycles. The van der Waals surface area contributed by atoms with Crippen LogP contribution in [0.4, 0.5) is 4.79 Å². The molecule has 5 nitrogen and oxygen atoms in total. The van der Waals surface area contributed by atoms with Gasteiger partial charge in [0.1, 0.15) is 6.04 Å². The zero-order valence-electron chi connectivity index (χ0n) is 9.97. The van der Waals surface area contributed by atoms with Gasteiger partial charge in [0.15, 0.2) is 0 Å². The second-order valence-electron chi connectivity index (χ2n) is 4.32. The van der Waals surface area contributed by atoms with E-state index in [4.69, 9.17) is 17.3 Å². The first-order valence-electron chi connectivity index (χ1n) is 5.54. The van der Waals surface area contributed by atoms with Crippen LogP contribution >= 0.6 is 11.6 Å². The molecule has 1 heterocycles. The number of hydrogen-bond donors (Lipinski definition) is 1. The van der Waals surface area contributed by atoms with Crippen LogP contribution in [0.1, 0.15) is 5.56 Å². The summed E-state index contributed by atoms with van der Waals surface area (Å²) in [5.74, 6) is -0.482. The Morgan fingerprint density at radius 3 is 2.56 bits per heavy atom. The highest BCUT2D eigenvalue weighted by Crippen LogP contribution is 2.18. The molecule has 1 fully saturated rings. The first-order valence-corrected chi connectivity index (χ1v) is 5.92. The van der Waals surface area contributed by atoms with E-state index in [1.807, 2.05) is 12.1 Å². The Morgan fingerprint density at radius 2 is 2.06 bits per heavy atom. The van der Waals surface area contributed by atoms with E-state index in [9.17, 15) is 9.59 Å². The molecule has 0 saturated carbocycles. The fraction of sp³-hybridized carbons (Fsp3) is 0.333. The number of nitrogens with zero attached hydrogens (tertiary/aromatic N) is 2. The Kier molecular flexibility index (Phi) is 3.43. The summed E-state index contributed by atoms with van der Waals surface area (Å²) in [5, 5.41) is 0.652. The van der Waals surface area contributed by atoms with Gasteiger partial charge in [-0.1, -0.05) is 23.7 Å². The highest BCUT2D eigenvalue weighted by molar-refractivity contribution is 6.30. The quantitative estimate of drug-likeness (QED) is 0.890. The molecule has 0 bridgehead atoms. The van der Waals surface area contributed by atoms with Crippen LogP contribution < -0.4 is 5.73 Å². The standard InChI is InChI=1S/C12H14ClN3O2/c1-15-10(11(14)17)7-16(12(15)18)6-8-2-4-9(13)5-3-8/h2-5,10H,6-7H2,1H3,(H2,14,17). The number of carbonyl (C=O) groups excluding carboxylic acids is 2. The third kappa shape index (κ3) is 2.41. The van der Waals surface area contributed by atoms with Gasteiger partial charge in [-0.3, -0.25) is 4.79 Å². The van der Waals surface area contributed by atoms with E-state index in [0.717, 1.165) is 5.56 Å². The van der Waals surface area contributed by atoms with Crippen LogP contribution in [0.3, 0.4) is 0 Å². The molecule has 1 aliphatic heterocycles. The fourth-order valence-corrected chi connectivity index (χ4v) is 2.11. The molecular formula is C12H14ClN3O2. The molecular weight excluding hydrogens is 254 g/mol. The van der Waals surface area contributed by atoms with Crippen molar-refractivity contribution in [3.8, 4) is 0 Å². The Morgan fingerprint density at radius 1 is 1.44 bits per heavy atom. The predicted molar refractivity (Wildman–Crippen MR) is 68.0 cm³/mol. The van der Waals surface area contributed by atoms with E-state index in [0.29, 0.717) is 18.1 Å². The molecule has 1 unspecified atom stereocenters. The van der Waals surface area contributed by atoms with Gasteiger partial charge < -0.3 is 15.5 Å². The minimum atomic E-state index is -0.551. The summed E-state index contributed by atoms with van der Waals surface area (Å²) < 4.78 is 0. The van der Waals surface area contributed by atoms with E-state index in [1.165, 1.54) is 4.90 Å². The molecule has 0 radical (unpaired) electrons. The summed E-state index contributed by atoms with van der Waals surface area (Å²) in [5.41, 5.74) is 6.21. The molecule has 0 aliphatic carbocycles. The summed E-state index contributed by atoms with van der Waals surface area (Å²) in [7, 11) is 1.58.